The number of aryl methyl sites for hydroxylation is 1. The van der Waals surface area contributed by atoms with Crippen molar-refractivity contribution >= 4 is 11.8 Å². The molecule has 1 N–H and O–H groups in total. The van der Waals surface area contributed by atoms with Crippen LogP contribution in [0.4, 0.5) is 0 Å². The van der Waals surface area contributed by atoms with Crippen LogP contribution in [0.1, 0.15) is 38.3 Å². The van der Waals surface area contributed by atoms with Crippen LogP contribution < -0.4 is 14.8 Å². The van der Waals surface area contributed by atoms with Gasteiger partial charge in [-0.3, -0.25) is 9.59 Å². The summed E-state index contributed by atoms with van der Waals surface area (Å²) < 4.78 is 10.8. The summed E-state index contributed by atoms with van der Waals surface area (Å²) in [5.41, 5.74) is 2.10. The van der Waals surface area contributed by atoms with Gasteiger partial charge in [0.25, 0.3) is 5.91 Å². The van der Waals surface area contributed by atoms with Gasteiger partial charge >= 0.3 is 0 Å². The van der Waals surface area contributed by atoms with Gasteiger partial charge < -0.3 is 19.7 Å². The highest BCUT2D eigenvalue weighted by molar-refractivity contribution is 5.88. The number of rotatable bonds is 10. The highest BCUT2D eigenvalue weighted by Crippen LogP contribution is 2.18. The molecule has 2 rings (SSSR count). The number of methoxy groups -OCH3 is 1. The van der Waals surface area contributed by atoms with Crippen LogP contribution in [0.25, 0.3) is 0 Å². The molecule has 0 aliphatic carbocycles. The molecule has 0 aromatic heterocycles. The second kappa shape index (κ2) is 11.2. The molecule has 6 heteroatoms. The topological polar surface area (TPSA) is 67.9 Å². The fraction of sp³-hybridized carbons (Fsp3) is 0.417. The maximum atomic E-state index is 13.0. The first-order valence-corrected chi connectivity index (χ1v) is 10.3. The van der Waals surface area contributed by atoms with Crippen LogP contribution in [0.2, 0.25) is 0 Å². The predicted octanol–water partition coefficient (Wildman–Crippen LogP) is 3.71. The first-order valence-electron chi connectivity index (χ1n) is 10.3. The van der Waals surface area contributed by atoms with Gasteiger partial charge in [0, 0.05) is 12.6 Å². The largest absolute Gasteiger partial charge is 0.497 e. The minimum atomic E-state index is -0.618. The molecule has 2 atom stereocenters. The van der Waals surface area contributed by atoms with Crippen molar-refractivity contribution in [3.63, 3.8) is 0 Å². The Morgan fingerprint density at radius 2 is 1.60 bits per heavy atom. The Hall–Kier alpha value is -3.02. The second-order valence-corrected chi connectivity index (χ2v) is 7.47. The summed E-state index contributed by atoms with van der Waals surface area (Å²) in [4.78, 5) is 27.3. The Labute approximate surface area is 179 Å². The molecule has 162 valence electrons. The number of carbonyl (C=O) groups is 2. The number of ether oxygens (including phenoxy) is 2. The zero-order chi connectivity index (χ0) is 22.1. The molecule has 2 unspecified atom stereocenters. The minimum absolute atomic E-state index is 0.0480. The first kappa shape index (κ1) is 23.3. The zero-order valence-corrected chi connectivity index (χ0v) is 18.5. The summed E-state index contributed by atoms with van der Waals surface area (Å²) in [5, 5.41) is 2.96. The Kier molecular flexibility index (Phi) is 8.71. The van der Waals surface area contributed by atoms with E-state index in [0.717, 1.165) is 17.5 Å². The fourth-order valence-corrected chi connectivity index (χ4v) is 2.84. The highest BCUT2D eigenvalue weighted by atomic mass is 16.5. The van der Waals surface area contributed by atoms with Crippen LogP contribution in [0.15, 0.2) is 48.5 Å². The third-order valence-corrected chi connectivity index (χ3v) is 5.06. The summed E-state index contributed by atoms with van der Waals surface area (Å²) >= 11 is 0. The van der Waals surface area contributed by atoms with Crippen molar-refractivity contribution in [2.45, 2.75) is 52.7 Å². The minimum Gasteiger partial charge on any atom is -0.497 e. The van der Waals surface area contributed by atoms with Crippen LogP contribution in [0.5, 0.6) is 11.5 Å². The molecular formula is C24H32N2O4. The number of amides is 2. The zero-order valence-electron chi connectivity index (χ0n) is 18.5. The van der Waals surface area contributed by atoms with E-state index in [0.29, 0.717) is 18.0 Å². The monoisotopic (exact) mass is 412 g/mol. The number of hydrogen-bond donors (Lipinski definition) is 1. The summed E-state index contributed by atoms with van der Waals surface area (Å²) in [5.74, 6) is 0.855. The molecule has 0 fully saturated rings. The lowest BCUT2D eigenvalue weighted by atomic mass is 10.1. The molecule has 0 spiro atoms. The molecule has 0 radical (unpaired) electrons. The van der Waals surface area contributed by atoms with Gasteiger partial charge in [-0.1, -0.05) is 36.8 Å². The maximum Gasteiger partial charge on any atom is 0.261 e. The van der Waals surface area contributed by atoms with Gasteiger partial charge in [0.1, 0.15) is 17.5 Å². The van der Waals surface area contributed by atoms with Crippen molar-refractivity contribution in [1.82, 2.24) is 10.2 Å². The van der Waals surface area contributed by atoms with E-state index in [1.54, 1.807) is 43.2 Å². The van der Waals surface area contributed by atoms with E-state index in [2.05, 4.69) is 5.32 Å². The van der Waals surface area contributed by atoms with Crippen molar-refractivity contribution in [2.24, 2.45) is 0 Å². The average molecular weight is 413 g/mol. The molecule has 0 bridgehead atoms. The molecule has 0 aliphatic heterocycles. The van der Waals surface area contributed by atoms with Crippen molar-refractivity contribution in [1.29, 1.82) is 0 Å². The number of nitrogens with zero attached hydrogens (tertiary/aromatic N) is 1. The SMILES string of the molecule is CCC(C)NC(=O)C(C)N(Cc1ccc(C)cc1)C(=O)COc1ccc(OC)cc1. The normalized spacial score (nSPS) is 12.6. The molecule has 2 amide bonds. The van der Waals surface area contributed by atoms with Gasteiger partial charge in [0.2, 0.25) is 5.91 Å². The van der Waals surface area contributed by atoms with E-state index in [1.807, 2.05) is 45.0 Å². The lowest BCUT2D eigenvalue weighted by Gasteiger charge is -2.29. The standard InChI is InChI=1S/C24H32N2O4/c1-6-18(3)25-24(28)19(4)26(15-20-9-7-17(2)8-10-20)23(27)16-30-22-13-11-21(29-5)12-14-22/h7-14,18-19H,6,15-16H2,1-5H3,(H,25,28). The number of hydrogen-bond acceptors (Lipinski definition) is 4. The first-order chi connectivity index (χ1) is 14.3. The Morgan fingerprint density at radius 3 is 2.17 bits per heavy atom. The van der Waals surface area contributed by atoms with E-state index >= 15 is 0 Å². The summed E-state index contributed by atoms with van der Waals surface area (Å²) in [6, 6.07) is 14.4. The van der Waals surface area contributed by atoms with Crippen LogP contribution in [-0.2, 0) is 16.1 Å². The molecular weight excluding hydrogens is 380 g/mol. The summed E-state index contributed by atoms with van der Waals surface area (Å²) in [6.07, 6.45) is 0.824. The van der Waals surface area contributed by atoms with Crippen molar-refractivity contribution < 1.29 is 19.1 Å². The van der Waals surface area contributed by atoms with E-state index in [4.69, 9.17) is 9.47 Å². The van der Waals surface area contributed by atoms with Gasteiger partial charge in [-0.25, -0.2) is 0 Å². The third-order valence-electron chi connectivity index (χ3n) is 5.06. The number of carbonyl (C=O) groups excluding carboxylic acids is 2. The molecule has 2 aromatic carbocycles. The smallest absolute Gasteiger partial charge is 0.261 e. The second-order valence-electron chi connectivity index (χ2n) is 7.47. The lowest BCUT2D eigenvalue weighted by molar-refractivity contribution is -0.142. The fourth-order valence-electron chi connectivity index (χ4n) is 2.84. The number of benzene rings is 2. The Bertz CT molecular complexity index is 818. The molecule has 30 heavy (non-hydrogen) atoms. The summed E-state index contributed by atoms with van der Waals surface area (Å²) in [7, 11) is 1.59. The van der Waals surface area contributed by atoms with E-state index in [-0.39, 0.29) is 24.5 Å². The van der Waals surface area contributed by atoms with Gasteiger partial charge in [0.05, 0.1) is 7.11 Å². The molecule has 0 heterocycles. The molecule has 0 saturated carbocycles. The Morgan fingerprint density at radius 1 is 1.00 bits per heavy atom. The molecule has 2 aromatic rings. The Balaban J connectivity index is 2.12. The predicted molar refractivity (Wildman–Crippen MR) is 118 cm³/mol. The van der Waals surface area contributed by atoms with Gasteiger partial charge in [0.15, 0.2) is 6.61 Å². The average Bonchev–Trinajstić information content (AvgIpc) is 2.76. The highest BCUT2D eigenvalue weighted by Gasteiger charge is 2.27. The molecule has 0 aliphatic rings. The van der Waals surface area contributed by atoms with Gasteiger partial charge in [-0.2, -0.15) is 0 Å². The molecule has 6 nitrogen and oxygen atoms in total. The van der Waals surface area contributed by atoms with Crippen LogP contribution >= 0.6 is 0 Å². The van der Waals surface area contributed by atoms with Crippen LogP contribution in [0, 0.1) is 6.92 Å². The lowest BCUT2D eigenvalue weighted by Crippen LogP contribution is -2.50. The maximum absolute atomic E-state index is 13.0. The van der Waals surface area contributed by atoms with E-state index in [9.17, 15) is 9.59 Å². The van der Waals surface area contributed by atoms with Crippen LogP contribution in [-0.4, -0.2) is 42.5 Å². The molecule has 0 saturated heterocycles. The van der Waals surface area contributed by atoms with Crippen LogP contribution in [0.3, 0.4) is 0 Å². The van der Waals surface area contributed by atoms with E-state index in [1.165, 1.54) is 0 Å². The van der Waals surface area contributed by atoms with Crippen molar-refractivity contribution in [3.8, 4) is 11.5 Å². The van der Waals surface area contributed by atoms with E-state index < -0.39 is 6.04 Å². The van der Waals surface area contributed by atoms with Crippen molar-refractivity contribution in [2.75, 3.05) is 13.7 Å². The van der Waals surface area contributed by atoms with Gasteiger partial charge in [-0.15, -0.1) is 0 Å². The third kappa shape index (κ3) is 6.79. The summed E-state index contributed by atoms with van der Waals surface area (Å²) in [6.45, 7) is 7.89. The quantitative estimate of drug-likeness (QED) is 0.646. The number of nitrogens with one attached hydrogen (secondary N) is 1. The van der Waals surface area contributed by atoms with Crippen molar-refractivity contribution in [3.05, 3.63) is 59.7 Å². The van der Waals surface area contributed by atoms with Gasteiger partial charge in [-0.05, 0) is 57.0 Å².